The maximum Gasteiger partial charge on any atom is 0.259 e. The molecule has 28 heavy (non-hydrogen) atoms. The molecule has 1 aromatic heterocycles. The number of carbonyl (C=O) groups excluding carboxylic acids is 2. The summed E-state index contributed by atoms with van der Waals surface area (Å²) in [7, 11) is 0. The Morgan fingerprint density at radius 1 is 1.32 bits per heavy atom. The van der Waals surface area contributed by atoms with Gasteiger partial charge in [-0.05, 0) is 44.9 Å². The summed E-state index contributed by atoms with van der Waals surface area (Å²) in [5, 5.41) is 10.00. The first-order valence-electron chi connectivity index (χ1n) is 9.50. The lowest BCUT2D eigenvalue weighted by atomic mass is 10.2. The summed E-state index contributed by atoms with van der Waals surface area (Å²) >= 11 is 3.40. The molecule has 0 atom stereocenters. The third-order valence-electron chi connectivity index (χ3n) is 4.47. The van der Waals surface area contributed by atoms with E-state index in [2.05, 4.69) is 31.7 Å². The maximum absolute atomic E-state index is 12.7. The third-order valence-corrected chi connectivity index (χ3v) is 4.96. The van der Waals surface area contributed by atoms with Crippen LogP contribution in [0, 0.1) is 0 Å². The van der Waals surface area contributed by atoms with Crippen molar-refractivity contribution in [1.82, 2.24) is 15.1 Å². The summed E-state index contributed by atoms with van der Waals surface area (Å²) in [5.41, 5.74) is 0.959. The highest BCUT2D eigenvalue weighted by Gasteiger charge is 2.18. The van der Waals surface area contributed by atoms with E-state index in [9.17, 15) is 9.59 Å². The summed E-state index contributed by atoms with van der Waals surface area (Å²) in [6.45, 7) is 3.94. The Bertz CT molecular complexity index is 844. The standard InChI is InChI=1S/C20H25BrN4O3/c1-13(2)28-18-9-14(21)7-8-17(18)20(27)24-16-10-22-25(11-16)12-19(26)23-15-5-3-4-6-15/h7-11,13,15H,3-6,12H2,1-2H3,(H,23,26)(H,24,27). The molecule has 0 saturated heterocycles. The SMILES string of the molecule is CC(C)Oc1cc(Br)ccc1C(=O)Nc1cnn(CC(=O)NC2CCCC2)c1. The van der Waals surface area contributed by atoms with Crippen LogP contribution in [0.5, 0.6) is 5.75 Å². The van der Waals surface area contributed by atoms with Crippen molar-refractivity contribution in [3.63, 3.8) is 0 Å². The number of carbonyl (C=O) groups is 2. The number of hydrogen-bond donors (Lipinski definition) is 2. The van der Waals surface area contributed by atoms with E-state index in [0.29, 0.717) is 17.0 Å². The molecule has 1 aromatic carbocycles. The smallest absolute Gasteiger partial charge is 0.259 e. The van der Waals surface area contributed by atoms with Crippen LogP contribution in [0.2, 0.25) is 0 Å². The molecule has 1 aliphatic carbocycles. The first kappa shape index (κ1) is 20.4. The van der Waals surface area contributed by atoms with E-state index in [4.69, 9.17) is 4.74 Å². The molecule has 1 saturated carbocycles. The zero-order valence-corrected chi connectivity index (χ0v) is 17.7. The van der Waals surface area contributed by atoms with Crippen molar-refractivity contribution in [2.75, 3.05) is 5.32 Å². The fourth-order valence-electron chi connectivity index (χ4n) is 3.24. The van der Waals surface area contributed by atoms with Crippen molar-refractivity contribution < 1.29 is 14.3 Å². The third kappa shape index (κ3) is 5.58. The molecule has 2 amide bonds. The molecular formula is C20H25BrN4O3. The molecule has 2 N–H and O–H groups in total. The number of ether oxygens (including phenoxy) is 1. The van der Waals surface area contributed by atoms with Gasteiger partial charge >= 0.3 is 0 Å². The number of nitrogens with one attached hydrogen (secondary N) is 2. The van der Waals surface area contributed by atoms with Crippen LogP contribution in [0.1, 0.15) is 49.9 Å². The molecule has 8 heteroatoms. The molecule has 1 aliphatic rings. The number of anilines is 1. The molecule has 0 aliphatic heterocycles. The molecule has 0 unspecified atom stereocenters. The van der Waals surface area contributed by atoms with Crippen molar-refractivity contribution in [2.45, 2.75) is 58.2 Å². The quantitative estimate of drug-likeness (QED) is 0.675. The summed E-state index contributed by atoms with van der Waals surface area (Å²) in [4.78, 5) is 24.8. The van der Waals surface area contributed by atoms with Crippen molar-refractivity contribution in [3.05, 3.63) is 40.6 Å². The highest BCUT2D eigenvalue weighted by molar-refractivity contribution is 9.10. The Hall–Kier alpha value is -2.35. The van der Waals surface area contributed by atoms with Gasteiger partial charge in [-0.25, -0.2) is 0 Å². The summed E-state index contributed by atoms with van der Waals surface area (Å²) in [6, 6.07) is 5.54. The van der Waals surface area contributed by atoms with Gasteiger partial charge in [-0.15, -0.1) is 0 Å². The van der Waals surface area contributed by atoms with Gasteiger partial charge in [-0.3, -0.25) is 14.3 Å². The highest BCUT2D eigenvalue weighted by atomic mass is 79.9. The predicted molar refractivity (Wildman–Crippen MR) is 110 cm³/mol. The molecule has 7 nitrogen and oxygen atoms in total. The van der Waals surface area contributed by atoms with Gasteiger partial charge in [0.2, 0.25) is 5.91 Å². The Morgan fingerprint density at radius 2 is 2.07 bits per heavy atom. The van der Waals surface area contributed by atoms with E-state index in [0.717, 1.165) is 17.3 Å². The molecule has 0 radical (unpaired) electrons. The van der Waals surface area contributed by atoms with Crippen molar-refractivity contribution in [1.29, 1.82) is 0 Å². The van der Waals surface area contributed by atoms with Crippen molar-refractivity contribution in [2.24, 2.45) is 0 Å². The van der Waals surface area contributed by atoms with Gasteiger partial charge in [-0.2, -0.15) is 5.10 Å². The zero-order chi connectivity index (χ0) is 20.1. The lowest BCUT2D eigenvalue weighted by Gasteiger charge is -2.14. The second-order valence-electron chi connectivity index (χ2n) is 7.24. The van der Waals surface area contributed by atoms with E-state index < -0.39 is 0 Å². The van der Waals surface area contributed by atoms with Crippen LogP contribution in [0.4, 0.5) is 5.69 Å². The molecule has 3 rings (SSSR count). The topological polar surface area (TPSA) is 85.2 Å². The fourth-order valence-corrected chi connectivity index (χ4v) is 3.58. The largest absolute Gasteiger partial charge is 0.490 e. The summed E-state index contributed by atoms with van der Waals surface area (Å²) in [6.07, 6.45) is 7.54. The molecule has 0 spiro atoms. The first-order valence-corrected chi connectivity index (χ1v) is 10.3. The minimum atomic E-state index is -0.293. The van der Waals surface area contributed by atoms with Crippen LogP contribution in [0.15, 0.2) is 35.1 Å². The van der Waals surface area contributed by atoms with Crippen LogP contribution in [-0.2, 0) is 11.3 Å². The van der Waals surface area contributed by atoms with E-state index in [1.807, 2.05) is 13.8 Å². The lowest BCUT2D eigenvalue weighted by Crippen LogP contribution is -2.35. The number of amides is 2. The molecular weight excluding hydrogens is 424 g/mol. The lowest BCUT2D eigenvalue weighted by molar-refractivity contribution is -0.122. The van der Waals surface area contributed by atoms with Gasteiger partial charge in [0, 0.05) is 16.7 Å². The average Bonchev–Trinajstić information content (AvgIpc) is 3.26. The van der Waals surface area contributed by atoms with E-state index in [-0.39, 0.29) is 30.5 Å². The average molecular weight is 449 g/mol. The van der Waals surface area contributed by atoms with Crippen LogP contribution < -0.4 is 15.4 Å². The number of nitrogens with zero attached hydrogens (tertiary/aromatic N) is 2. The number of benzene rings is 1. The van der Waals surface area contributed by atoms with Gasteiger partial charge in [0.05, 0.1) is 23.6 Å². The normalized spacial score (nSPS) is 14.3. The van der Waals surface area contributed by atoms with E-state index in [1.165, 1.54) is 23.7 Å². The second kappa shape index (κ2) is 9.23. The van der Waals surface area contributed by atoms with Gasteiger partial charge in [0.15, 0.2) is 0 Å². The Labute approximate surface area is 173 Å². The monoisotopic (exact) mass is 448 g/mol. The maximum atomic E-state index is 12.7. The Morgan fingerprint density at radius 3 is 2.79 bits per heavy atom. The summed E-state index contributed by atoms with van der Waals surface area (Å²) in [5.74, 6) is 0.150. The molecule has 1 heterocycles. The Kier molecular flexibility index (Phi) is 6.72. The van der Waals surface area contributed by atoms with Gasteiger partial charge in [0.25, 0.3) is 5.91 Å². The number of aromatic nitrogens is 2. The van der Waals surface area contributed by atoms with Crippen LogP contribution in [-0.4, -0.2) is 33.7 Å². The molecule has 150 valence electrons. The summed E-state index contributed by atoms with van der Waals surface area (Å²) < 4.78 is 8.10. The fraction of sp³-hybridized carbons (Fsp3) is 0.450. The predicted octanol–water partition coefficient (Wildman–Crippen LogP) is 3.74. The number of hydrogen-bond acceptors (Lipinski definition) is 4. The number of rotatable bonds is 7. The van der Waals surface area contributed by atoms with E-state index >= 15 is 0 Å². The van der Waals surface area contributed by atoms with Gasteiger partial charge < -0.3 is 15.4 Å². The van der Waals surface area contributed by atoms with Gasteiger partial charge in [0.1, 0.15) is 12.3 Å². The Balaban J connectivity index is 1.61. The van der Waals surface area contributed by atoms with Crippen LogP contribution in [0.3, 0.4) is 0 Å². The first-order chi connectivity index (χ1) is 13.4. The second-order valence-corrected chi connectivity index (χ2v) is 8.15. The van der Waals surface area contributed by atoms with E-state index in [1.54, 1.807) is 24.4 Å². The van der Waals surface area contributed by atoms with Crippen LogP contribution >= 0.6 is 15.9 Å². The minimum absolute atomic E-state index is 0.0537. The molecule has 1 fully saturated rings. The minimum Gasteiger partial charge on any atom is -0.490 e. The molecule has 0 bridgehead atoms. The van der Waals surface area contributed by atoms with Crippen LogP contribution in [0.25, 0.3) is 0 Å². The zero-order valence-electron chi connectivity index (χ0n) is 16.1. The highest BCUT2D eigenvalue weighted by Crippen LogP contribution is 2.26. The van der Waals surface area contributed by atoms with Gasteiger partial charge in [-0.1, -0.05) is 28.8 Å². The number of halogens is 1. The van der Waals surface area contributed by atoms with Crippen molar-refractivity contribution >= 4 is 33.4 Å². The van der Waals surface area contributed by atoms with Crippen molar-refractivity contribution in [3.8, 4) is 5.75 Å². The molecule has 2 aromatic rings.